The molecule has 2 heterocycles. The van der Waals surface area contributed by atoms with E-state index < -0.39 is 0 Å². The number of thiazole rings is 1. The Morgan fingerprint density at radius 3 is 2.93 bits per heavy atom. The number of nitrogens with zero attached hydrogens (tertiary/aromatic N) is 1. The first-order valence-corrected chi connectivity index (χ1v) is 5.80. The molecule has 0 fully saturated rings. The van der Waals surface area contributed by atoms with Crippen LogP contribution in [0.2, 0.25) is 0 Å². The Hall–Kier alpha value is -1.13. The number of aryl methyl sites for hydroxylation is 1. The Morgan fingerprint density at radius 1 is 1.53 bits per heavy atom. The maximum atomic E-state index is 5.72. The van der Waals surface area contributed by atoms with Gasteiger partial charge in [0, 0.05) is 17.8 Å². The molecule has 0 radical (unpaired) electrons. The Bertz CT molecular complexity index is 445. The van der Waals surface area contributed by atoms with Crippen LogP contribution in [0.1, 0.15) is 17.7 Å². The molecule has 2 rings (SSSR count). The van der Waals surface area contributed by atoms with Gasteiger partial charge in [-0.1, -0.05) is 0 Å². The smallest absolute Gasteiger partial charge is 0.153 e. The highest BCUT2D eigenvalue weighted by molar-refractivity contribution is 7.09. The van der Waals surface area contributed by atoms with Crippen molar-refractivity contribution in [2.75, 3.05) is 0 Å². The molecule has 2 aromatic rings. The molecule has 0 bridgehead atoms. The predicted octanol–water partition coefficient (Wildman–Crippen LogP) is 2.60. The molecule has 1 atom stereocenters. The molecular formula is C11H14N2OS. The predicted molar refractivity (Wildman–Crippen MR) is 61.9 cm³/mol. The maximum absolute atomic E-state index is 5.72. The van der Waals surface area contributed by atoms with E-state index in [0.29, 0.717) is 0 Å². The van der Waals surface area contributed by atoms with Gasteiger partial charge in [-0.2, -0.15) is 0 Å². The van der Waals surface area contributed by atoms with Gasteiger partial charge in [0.25, 0.3) is 0 Å². The zero-order chi connectivity index (χ0) is 10.8. The lowest BCUT2D eigenvalue weighted by Gasteiger charge is -1.98. The monoisotopic (exact) mass is 222 g/mol. The van der Waals surface area contributed by atoms with Gasteiger partial charge < -0.3 is 10.2 Å². The van der Waals surface area contributed by atoms with Crippen molar-refractivity contribution in [2.24, 2.45) is 5.73 Å². The molecule has 15 heavy (non-hydrogen) atoms. The van der Waals surface area contributed by atoms with E-state index in [0.717, 1.165) is 28.6 Å². The van der Waals surface area contributed by atoms with Gasteiger partial charge >= 0.3 is 0 Å². The van der Waals surface area contributed by atoms with Crippen molar-refractivity contribution >= 4 is 11.3 Å². The van der Waals surface area contributed by atoms with Crippen molar-refractivity contribution in [3.05, 3.63) is 28.3 Å². The minimum Gasteiger partial charge on any atom is -0.460 e. The third-order valence-corrected chi connectivity index (χ3v) is 2.91. The van der Waals surface area contributed by atoms with Crippen molar-refractivity contribution < 1.29 is 4.42 Å². The maximum Gasteiger partial charge on any atom is 0.153 e. The molecule has 3 nitrogen and oxygen atoms in total. The lowest BCUT2D eigenvalue weighted by atomic mass is 10.3. The van der Waals surface area contributed by atoms with Crippen LogP contribution in [0.5, 0.6) is 0 Å². The Morgan fingerprint density at radius 2 is 2.33 bits per heavy atom. The van der Waals surface area contributed by atoms with E-state index in [-0.39, 0.29) is 6.04 Å². The average molecular weight is 222 g/mol. The molecule has 2 aromatic heterocycles. The Balaban J connectivity index is 2.20. The van der Waals surface area contributed by atoms with Crippen LogP contribution in [0, 0.1) is 6.92 Å². The summed E-state index contributed by atoms with van der Waals surface area (Å²) in [6.07, 6.45) is 0.824. The van der Waals surface area contributed by atoms with Crippen molar-refractivity contribution in [3.8, 4) is 11.5 Å². The molecule has 0 saturated carbocycles. The molecule has 4 heteroatoms. The SMILES string of the molecule is Cc1ccc(-c2csc(CC(C)N)n2)o1. The molecule has 2 N–H and O–H groups in total. The van der Waals surface area contributed by atoms with Gasteiger partial charge in [-0.3, -0.25) is 0 Å². The van der Waals surface area contributed by atoms with Crippen LogP contribution in [0.4, 0.5) is 0 Å². The van der Waals surface area contributed by atoms with Gasteiger partial charge in [0.05, 0.1) is 5.01 Å². The van der Waals surface area contributed by atoms with Gasteiger partial charge in [0.15, 0.2) is 5.76 Å². The zero-order valence-electron chi connectivity index (χ0n) is 8.86. The Kier molecular flexibility index (Phi) is 2.88. The first kappa shape index (κ1) is 10.4. The standard InChI is InChI=1S/C11H14N2OS/c1-7(12)5-11-13-9(6-15-11)10-4-3-8(2)14-10/h3-4,6-7H,5,12H2,1-2H3. The molecule has 1 unspecified atom stereocenters. The highest BCUT2D eigenvalue weighted by Crippen LogP contribution is 2.24. The van der Waals surface area contributed by atoms with E-state index in [4.69, 9.17) is 10.2 Å². The van der Waals surface area contributed by atoms with E-state index in [9.17, 15) is 0 Å². The molecule has 0 aromatic carbocycles. The normalized spacial score (nSPS) is 13.0. The van der Waals surface area contributed by atoms with Gasteiger partial charge in [0.1, 0.15) is 11.5 Å². The molecule has 0 spiro atoms. The summed E-state index contributed by atoms with van der Waals surface area (Å²) >= 11 is 1.63. The van der Waals surface area contributed by atoms with Crippen LogP contribution in [0.25, 0.3) is 11.5 Å². The van der Waals surface area contributed by atoms with Crippen molar-refractivity contribution in [1.82, 2.24) is 4.98 Å². The van der Waals surface area contributed by atoms with Crippen molar-refractivity contribution in [3.63, 3.8) is 0 Å². The number of nitrogens with two attached hydrogens (primary N) is 1. The third-order valence-electron chi connectivity index (χ3n) is 2.04. The summed E-state index contributed by atoms with van der Waals surface area (Å²) in [5, 5.41) is 3.07. The molecule has 0 saturated heterocycles. The van der Waals surface area contributed by atoms with Crippen LogP contribution < -0.4 is 5.73 Å². The van der Waals surface area contributed by atoms with Gasteiger partial charge in [-0.15, -0.1) is 11.3 Å². The van der Waals surface area contributed by atoms with Crippen LogP contribution in [-0.2, 0) is 6.42 Å². The number of furan rings is 1. The molecular weight excluding hydrogens is 208 g/mol. The minimum absolute atomic E-state index is 0.155. The van der Waals surface area contributed by atoms with Crippen LogP contribution in [0.3, 0.4) is 0 Å². The zero-order valence-corrected chi connectivity index (χ0v) is 9.67. The largest absolute Gasteiger partial charge is 0.460 e. The van der Waals surface area contributed by atoms with Crippen LogP contribution in [0.15, 0.2) is 21.9 Å². The number of aromatic nitrogens is 1. The van der Waals surface area contributed by atoms with Crippen molar-refractivity contribution in [1.29, 1.82) is 0 Å². The van der Waals surface area contributed by atoms with Crippen LogP contribution >= 0.6 is 11.3 Å². The molecule has 0 aliphatic heterocycles. The summed E-state index contributed by atoms with van der Waals surface area (Å²) in [5.74, 6) is 1.74. The topological polar surface area (TPSA) is 52.0 Å². The fraction of sp³-hybridized carbons (Fsp3) is 0.364. The van der Waals surface area contributed by atoms with E-state index in [1.54, 1.807) is 11.3 Å². The fourth-order valence-electron chi connectivity index (χ4n) is 1.37. The van der Waals surface area contributed by atoms with E-state index >= 15 is 0 Å². The Labute approximate surface area is 92.9 Å². The summed E-state index contributed by atoms with van der Waals surface area (Å²) in [4.78, 5) is 4.48. The summed E-state index contributed by atoms with van der Waals surface area (Å²) in [5.41, 5.74) is 6.63. The third kappa shape index (κ3) is 2.46. The van der Waals surface area contributed by atoms with Gasteiger partial charge in [-0.25, -0.2) is 4.98 Å². The second-order valence-corrected chi connectivity index (χ2v) is 4.66. The highest BCUT2D eigenvalue weighted by Gasteiger charge is 2.08. The second-order valence-electron chi connectivity index (χ2n) is 3.72. The van der Waals surface area contributed by atoms with Crippen LogP contribution in [-0.4, -0.2) is 11.0 Å². The first-order valence-electron chi connectivity index (χ1n) is 4.92. The highest BCUT2D eigenvalue weighted by atomic mass is 32.1. The summed E-state index contributed by atoms with van der Waals surface area (Å²) in [6, 6.07) is 4.04. The van der Waals surface area contributed by atoms with Gasteiger partial charge in [-0.05, 0) is 26.0 Å². The summed E-state index contributed by atoms with van der Waals surface area (Å²) in [7, 11) is 0. The fourth-order valence-corrected chi connectivity index (χ4v) is 2.29. The number of rotatable bonds is 3. The lowest BCUT2D eigenvalue weighted by Crippen LogP contribution is -2.17. The minimum atomic E-state index is 0.155. The quantitative estimate of drug-likeness (QED) is 0.868. The summed E-state index contributed by atoms with van der Waals surface area (Å²) in [6.45, 7) is 3.91. The molecule has 0 aliphatic carbocycles. The molecule has 0 amide bonds. The van der Waals surface area contributed by atoms with E-state index in [1.807, 2.05) is 31.4 Å². The molecule has 0 aliphatic rings. The lowest BCUT2D eigenvalue weighted by molar-refractivity contribution is 0.546. The number of hydrogen-bond donors (Lipinski definition) is 1. The summed E-state index contributed by atoms with van der Waals surface area (Å²) < 4.78 is 5.50. The van der Waals surface area contributed by atoms with Gasteiger partial charge in [0.2, 0.25) is 0 Å². The second kappa shape index (κ2) is 4.16. The number of hydrogen-bond acceptors (Lipinski definition) is 4. The van der Waals surface area contributed by atoms with Crippen molar-refractivity contribution in [2.45, 2.75) is 26.3 Å². The van der Waals surface area contributed by atoms with E-state index in [2.05, 4.69) is 4.98 Å². The average Bonchev–Trinajstić information content (AvgIpc) is 2.72. The molecule has 80 valence electrons. The first-order chi connectivity index (χ1) is 7.15. The van der Waals surface area contributed by atoms with E-state index in [1.165, 1.54) is 0 Å².